The topological polar surface area (TPSA) is 76.7 Å². The van der Waals surface area contributed by atoms with Crippen molar-refractivity contribution >= 4 is 12.2 Å². The number of amides is 2. The van der Waals surface area contributed by atoms with Gasteiger partial charge in [-0.2, -0.15) is 5.10 Å². The first kappa shape index (κ1) is 14.0. The van der Waals surface area contributed by atoms with Gasteiger partial charge in [0.05, 0.1) is 13.3 Å². The zero-order valence-electron chi connectivity index (χ0n) is 11.2. The molecule has 0 fully saturated rings. The third kappa shape index (κ3) is 3.76. The molecule has 98 valence electrons. The summed E-state index contributed by atoms with van der Waals surface area (Å²) in [5.74, 6) is 0.836. The van der Waals surface area contributed by atoms with E-state index >= 15 is 0 Å². The number of urea groups is 1. The molecule has 0 spiro atoms. The maximum absolute atomic E-state index is 10.5. The van der Waals surface area contributed by atoms with E-state index in [1.165, 1.54) is 0 Å². The number of hydrogen-bond donors (Lipinski definition) is 2. The van der Waals surface area contributed by atoms with E-state index in [0.717, 1.165) is 16.9 Å². The van der Waals surface area contributed by atoms with E-state index < -0.39 is 6.03 Å². The van der Waals surface area contributed by atoms with E-state index in [1.807, 2.05) is 18.2 Å². The van der Waals surface area contributed by atoms with E-state index in [0.29, 0.717) is 0 Å². The molecule has 0 heterocycles. The lowest BCUT2D eigenvalue weighted by molar-refractivity contribution is 0.249. The average molecular weight is 249 g/mol. The summed E-state index contributed by atoms with van der Waals surface area (Å²) in [6.07, 6.45) is 1.54. The van der Waals surface area contributed by atoms with Crippen LogP contribution in [-0.4, -0.2) is 19.4 Å². The summed E-state index contributed by atoms with van der Waals surface area (Å²) in [5, 5.41) is 3.73. The second kappa shape index (κ2) is 5.53. The van der Waals surface area contributed by atoms with Gasteiger partial charge in [0.25, 0.3) is 0 Å². The molecule has 0 aromatic heterocycles. The first-order chi connectivity index (χ1) is 8.34. The molecule has 0 unspecified atom stereocenters. The fourth-order valence-electron chi connectivity index (χ4n) is 1.56. The molecule has 5 nitrogen and oxygen atoms in total. The molecular weight excluding hydrogens is 230 g/mol. The number of primary amides is 1. The molecule has 0 atom stereocenters. The molecule has 1 aromatic rings. The number of ether oxygens (including phenoxy) is 1. The number of nitrogens with zero attached hydrogens (tertiary/aromatic N) is 1. The van der Waals surface area contributed by atoms with Crippen LogP contribution in [0, 0.1) is 0 Å². The lowest BCUT2D eigenvalue weighted by atomic mass is 9.85. The van der Waals surface area contributed by atoms with Crippen LogP contribution in [0.1, 0.15) is 31.9 Å². The Morgan fingerprint density at radius 3 is 2.61 bits per heavy atom. The summed E-state index contributed by atoms with van der Waals surface area (Å²) in [6, 6.07) is 5.04. The Labute approximate surface area is 107 Å². The van der Waals surface area contributed by atoms with Crippen LogP contribution in [0.2, 0.25) is 0 Å². The van der Waals surface area contributed by atoms with Crippen molar-refractivity contribution in [2.45, 2.75) is 26.2 Å². The zero-order valence-corrected chi connectivity index (χ0v) is 11.2. The van der Waals surface area contributed by atoms with E-state index in [2.05, 4.69) is 31.3 Å². The highest BCUT2D eigenvalue weighted by molar-refractivity contribution is 5.82. The Bertz CT molecular complexity index is 462. The summed E-state index contributed by atoms with van der Waals surface area (Å²) >= 11 is 0. The molecule has 1 aromatic carbocycles. The van der Waals surface area contributed by atoms with Crippen molar-refractivity contribution in [3.63, 3.8) is 0 Å². The van der Waals surface area contributed by atoms with Gasteiger partial charge in [0.1, 0.15) is 5.75 Å². The standard InChI is InChI=1S/C13H19N3O2/c1-13(2,3)10-7-9(5-6-11(10)18-4)8-15-16-12(14)17/h5-8H,1-4H3,(H3,14,16,17)/b15-8-. The number of benzene rings is 1. The minimum absolute atomic E-state index is 0.0354. The Morgan fingerprint density at radius 2 is 2.11 bits per heavy atom. The second-order valence-electron chi connectivity index (χ2n) is 4.94. The summed E-state index contributed by atoms with van der Waals surface area (Å²) in [4.78, 5) is 10.5. The minimum atomic E-state index is -0.684. The van der Waals surface area contributed by atoms with Crippen LogP contribution in [0.5, 0.6) is 5.75 Å². The molecule has 0 aliphatic heterocycles. The lowest BCUT2D eigenvalue weighted by Crippen LogP contribution is -2.24. The van der Waals surface area contributed by atoms with Gasteiger partial charge in [0.15, 0.2) is 0 Å². The molecule has 1 rings (SSSR count). The molecule has 0 bridgehead atoms. The van der Waals surface area contributed by atoms with Gasteiger partial charge in [-0.3, -0.25) is 0 Å². The highest BCUT2D eigenvalue weighted by Crippen LogP contribution is 2.31. The minimum Gasteiger partial charge on any atom is -0.496 e. The van der Waals surface area contributed by atoms with Gasteiger partial charge in [-0.15, -0.1) is 0 Å². The number of nitrogens with two attached hydrogens (primary N) is 1. The molecule has 0 radical (unpaired) electrons. The van der Waals surface area contributed by atoms with Gasteiger partial charge in [-0.25, -0.2) is 10.2 Å². The smallest absolute Gasteiger partial charge is 0.332 e. The molecule has 0 aliphatic rings. The van der Waals surface area contributed by atoms with Crippen LogP contribution < -0.4 is 15.9 Å². The summed E-state index contributed by atoms with van der Waals surface area (Å²) in [5.41, 5.74) is 8.99. The first-order valence-electron chi connectivity index (χ1n) is 5.61. The molecule has 0 saturated carbocycles. The number of methoxy groups -OCH3 is 1. The third-order valence-electron chi connectivity index (χ3n) is 2.42. The Morgan fingerprint density at radius 1 is 1.44 bits per heavy atom. The van der Waals surface area contributed by atoms with Gasteiger partial charge >= 0.3 is 6.03 Å². The van der Waals surface area contributed by atoms with E-state index in [-0.39, 0.29) is 5.41 Å². The van der Waals surface area contributed by atoms with Crippen molar-refractivity contribution in [3.8, 4) is 5.75 Å². The van der Waals surface area contributed by atoms with Crippen molar-refractivity contribution in [1.29, 1.82) is 0 Å². The molecule has 2 amide bonds. The number of hydrogen-bond acceptors (Lipinski definition) is 3. The van der Waals surface area contributed by atoms with Crippen LogP contribution >= 0.6 is 0 Å². The molecule has 5 heteroatoms. The Kier molecular flexibility index (Phi) is 4.31. The van der Waals surface area contributed by atoms with Crippen molar-refractivity contribution < 1.29 is 9.53 Å². The number of carbonyl (C=O) groups excluding carboxylic acids is 1. The van der Waals surface area contributed by atoms with Gasteiger partial charge in [0, 0.05) is 5.56 Å². The Hall–Kier alpha value is -2.04. The van der Waals surface area contributed by atoms with Crippen molar-refractivity contribution in [2.75, 3.05) is 7.11 Å². The highest BCUT2D eigenvalue weighted by Gasteiger charge is 2.18. The number of hydrazone groups is 1. The van der Waals surface area contributed by atoms with Crippen LogP contribution in [0.4, 0.5) is 4.79 Å². The van der Waals surface area contributed by atoms with Gasteiger partial charge in [0.2, 0.25) is 0 Å². The van der Waals surface area contributed by atoms with E-state index in [9.17, 15) is 4.79 Å². The molecule has 3 N–H and O–H groups in total. The highest BCUT2D eigenvalue weighted by atomic mass is 16.5. The Balaban J connectivity index is 3.03. The van der Waals surface area contributed by atoms with Crippen molar-refractivity contribution in [1.82, 2.24) is 5.43 Å². The van der Waals surface area contributed by atoms with Crippen LogP contribution in [0.3, 0.4) is 0 Å². The monoisotopic (exact) mass is 249 g/mol. The maximum atomic E-state index is 10.5. The predicted molar refractivity (Wildman–Crippen MR) is 72.0 cm³/mol. The first-order valence-corrected chi connectivity index (χ1v) is 5.61. The van der Waals surface area contributed by atoms with Gasteiger partial charge < -0.3 is 10.5 Å². The number of carbonyl (C=O) groups is 1. The quantitative estimate of drug-likeness (QED) is 0.635. The van der Waals surface area contributed by atoms with Gasteiger partial charge in [-0.1, -0.05) is 20.8 Å². The predicted octanol–water partition coefficient (Wildman–Crippen LogP) is 1.99. The van der Waals surface area contributed by atoms with Crippen molar-refractivity contribution in [2.24, 2.45) is 10.8 Å². The lowest BCUT2D eigenvalue weighted by Gasteiger charge is -2.22. The van der Waals surface area contributed by atoms with E-state index in [4.69, 9.17) is 10.5 Å². The fraction of sp³-hybridized carbons (Fsp3) is 0.385. The maximum Gasteiger partial charge on any atom is 0.332 e. The normalized spacial score (nSPS) is 11.6. The second-order valence-corrected chi connectivity index (χ2v) is 4.94. The molecular formula is C13H19N3O2. The van der Waals surface area contributed by atoms with Crippen LogP contribution in [-0.2, 0) is 5.41 Å². The largest absolute Gasteiger partial charge is 0.496 e. The van der Waals surface area contributed by atoms with Crippen LogP contribution in [0.25, 0.3) is 0 Å². The van der Waals surface area contributed by atoms with Gasteiger partial charge in [-0.05, 0) is 29.2 Å². The fourth-order valence-corrected chi connectivity index (χ4v) is 1.56. The number of rotatable bonds is 3. The summed E-state index contributed by atoms with van der Waals surface area (Å²) in [6.45, 7) is 6.31. The molecule has 0 aliphatic carbocycles. The zero-order chi connectivity index (χ0) is 13.8. The van der Waals surface area contributed by atoms with Crippen molar-refractivity contribution in [3.05, 3.63) is 29.3 Å². The SMILES string of the molecule is COc1ccc(/C=N\NC(N)=O)cc1C(C)(C)C. The average Bonchev–Trinajstić information content (AvgIpc) is 2.27. The molecule has 18 heavy (non-hydrogen) atoms. The molecule has 0 saturated heterocycles. The number of nitrogens with one attached hydrogen (secondary N) is 1. The van der Waals surface area contributed by atoms with E-state index in [1.54, 1.807) is 13.3 Å². The third-order valence-corrected chi connectivity index (χ3v) is 2.42. The summed E-state index contributed by atoms with van der Waals surface area (Å²) < 4.78 is 5.34. The van der Waals surface area contributed by atoms with Crippen LogP contribution in [0.15, 0.2) is 23.3 Å². The summed E-state index contributed by atoms with van der Waals surface area (Å²) in [7, 11) is 1.65.